The van der Waals surface area contributed by atoms with Crippen LogP contribution >= 0.6 is 0 Å². The van der Waals surface area contributed by atoms with Crippen LogP contribution in [-0.4, -0.2) is 59.1 Å². The second-order valence-corrected chi connectivity index (χ2v) is 10.6. The molecule has 7 rings (SSSR count). The Morgan fingerprint density at radius 2 is 1.85 bits per heavy atom. The maximum absolute atomic E-state index is 13.4. The number of nitrogens with zero attached hydrogens (tertiary/aromatic N) is 6. The van der Waals surface area contributed by atoms with E-state index in [1.807, 2.05) is 18.2 Å². The molecular formula is C29H24N12O5. The molecule has 46 heavy (non-hydrogen) atoms. The monoisotopic (exact) mass is 620 g/mol. The van der Waals surface area contributed by atoms with E-state index in [2.05, 4.69) is 57.1 Å². The minimum Gasteiger partial charge on any atom is -0.383 e. The molecule has 230 valence electrons. The van der Waals surface area contributed by atoms with E-state index in [0.29, 0.717) is 23.5 Å². The first-order chi connectivity index (χ1) is 22.3. The Labute approximate surface area is 257 Å². The number of rotatable bonds is 9. The highest BCUT2D eigenvalue weighted by Gasteiger charge is 2.27. The van der Waals surface area contributed by atoms with Gasteiger partial charge in [0.25, 0.3) is 28.4 Å². The lowest BCUT2D eigenvalue weighted by Gasteiger charge is -2.15. The number of fused-ring (bicyclic) bond motifs is 2. The summed E-state index contributed by atoms with van der Waals surface area (Å²) in [5, 5.41) is 31.5. The molecule has 2 amide bonds. The lowest BCUT2D eigenvalue weighted by atomic mass is 10.0. The number of hydrogen-bond acceptors (Lipinski definition) is 12. The number of aromatic amines is 2. The Kier molecular flexibility index (Phi) is 6.88. The molecule has 1 atom stereocenters. The van der Waals surface area contributed by atoms with Gasteiger partial charge in [0, 0.05) is 24.8 Å². The van der Waals surface area contributed by atoms with Crippen molar-refractivity contribution in [3.8, 4) is 11.4 Å². The van der Waals surface area contributed by atoms with Gasteiger partial charge in [-0.1, -0.05) is 24.3 Å². The van der Waals surface area contributed by atoms with Crippen LogP contribution in [0.3, 0.4) is 0 Å². The smallest absolute Gasteiger partial charge is 0.349 e. The van der Waals surface area contributed by atoms with Crippen LogP contribution in [0.4, 0.5) is 17.1 Å². The summed E-state index contributed by atoms with van der Waals surface area (Å²) in [5.74, 6) is -0.853. The van der Waals surface area contributed by atoms with Crippen LogP contribution in [0.1, 0.15) is 50.1 Å². The molecule has 0 fully saturated rings. The van der Waals surface area contributed by atoms with E-state index in [0.717, 1.165) is 27.5 Å². The SMILES string of the molecule is CNc1c(Nc2cccc(CNC(=O)c3cc(C(=O)N[C@H]4CCc5cc(-c6nn[nH]n6)ccc54)nc4n[nH]c(=O)n34)c2)c(=O)c1=O. The van der Waals surface area contributed by atoms with Gasteiger partial charge in [0.15, 0.2) is 0 Å². The molecular weight excluding hydrogens is 596 g/mol. The zero-order valence-electron chi connectivity index (χ0n) is 24.0. The van der Waals surface area contributed by atoms with Crippen molar-refractivity contribution in [3.63, 3.8) is 0 Å². The highest BCUT2D eigenvalue weighted by Crippen LogP contribution is 2.33. The number of aryl methyl sites for hydroxylation is 1. The van der Waals surface area contributed by atoms with E-state index in [1.54, 1.807) is 31.3 Å². The maximum Gasteiger partial charge on any atom is 0.349 e. The zero-order chi connectivity index (χ0) is 31.9. The number of amides is 2. The average Bonchev–Trinajstić information content (AvgIpc) is 3.84. The van der Waals surface area contributed by atoms with Crippen molar-refractivity contribution in [3.05, 3.63) is 108 Å². The number of benzene rings is 2. The highest BCUT2D eigenvalue weighted by atomic mass is 16.2. The lowest BCUT2D eigenvalue weighted by molar-refractivity contribution is 0.0931. The summed E-state index contributed by atoms with van der Waals surface area (Å²) in [6.07, 6.45) is 1.38. The number of H-pyrrole nitrogens is 2. The first-order valence-electron chi connectivity index (χ1n) is 14.1. The number of carbonyl (C=O) groups excluding carboxylic acids is 2. The topological polar surface area (TPSA) is 234 Å². The molecule has 3 heterocycles. The van der Waals surface area contributed by atoms with Crippen LogP contribution < -0.4 is 37.8 Å². The van der Waals surface area contributed by atoms with Gasteiger partial charge in [-0.3, -0.25) is 19.2 Å². The quantitative estimate of drug-likeness (QED) is 0.120. The van der Waals surface area contributed by atoms with Gasteiger partial charge in [-0.25, -0.2) is 19.3 Å². The van der Waals surface area contributed by atoms with Gasteiger partial charge < -0.3 is 21.3 Å². The molecule has 3 aromatic carbocycles. The van der Waals surface area contributed by atoms with Crippen LogP contribution in [0.2, 0.25) is 0 Å². The number of aromatic nitrogens is 8. The van der Waals surface area contributed by atoms with Crippen molar-refractivity contribution in [1.29, 1.82) is 0 Å². The molecule has 6 aromatic rings. The maximum atomic E-state index is 13.4. The Hall–Kier alpha value is -6.52. The van der Waals surface area contributed by atoms with Crippen LogP contribution in [0.25, 0.3) is 17.2 Å². The molecule has 0 radical (unpaired) electrons. The third-order valence-corrected chi connectivity index (χ3v) is 7.79. The number of carbonyl (C=O) groups is 2. The van der Waals surface area contributed by atoms with Crippen LogP contribution in [-0.2, 0) is 13.0 Å². The molecule has 0 bridgehead atoms. The first-order valence-corrected chi connectivity index (χ1v) is 14.1. The molecule has 17 nitrogen and oxygen atoms in total. The number of hydrogen-bond donors (Lipinski definition) is 6. The summed E-state index contributed by atoms with van der Waals surface area (Å²) in [6.45, 7) is 0.0435. The zero-order valence-corrected chi connectivity index (χ0v) is 24.0. The van der Waals surface area contributed by atoms with Gasteiger partial charge in [-0.05, 0) is 59.0 Å². The molecule has 1 aliphatic carbocycles. The fraction of sp³-hybridized carbons (Fsp3) is 0.172. The standard InChI is InChI=1S/C29H24N12O5/c1-30-21-22(24(43)23(21)42)32-16-4-2-3-13(9-16)12-31-27(45)20-11-19(34-28-37-38-29(46)41(20)28)26(44)33-18-8-6-14-10-15(5-7-17(14)18)25-35-39-40-36-25/h2-5,7,9-11,18,30,32H,6,8,12H2,1H3,(H,31,45)(H,33,44)(H,38,46)(H,35,36,39,40)/t18-/m0/s1. The first kappa shape index (κ1) is 28.3. The second-order valence-electron chi connectivity index (χ2n) is 10.6. The molecule has 6 N–H and O–H groups in total. The average molecular weight is 621 g/mol. The Morgan fingerprint density at radius 3 is 2.65 bits per heavy atom. The van der Waals surface area contributed by atoms with E-state index in [4.69, 9.17) is 0 Å². The summed E-state index contributed by atoms with van der Waals surface area (Å²) in [7, 11) is 1.55. The summed E-state index contributed by atoms with van der Waals surface area (Å²) >= 11 is 0. The Bertz CT molecular complexity index is 2280. The van der Waals surface area contributed by atoms with Gasteiger partial charge in [0.05, 0.1) is 6.04 Å². The molecule has 0 aliphatic heterocycles. The fourth-order valence-electron chi connectivity index (χ4n) is 5.55. The van der Waals surface area contributed by atoms with Crippen molar-refractivity contribution in [1.82, 2.24) is 50.8 Å². The molecule has 17 heteroatoms. The summed E-state index contributed by atoms with van der Waals surface area (Å²) in [4.78, 5) is 67.1. The van der Waals surface area contributed by atoms with Crippen LogP contribution in [0.15, 0.2) is 62.9 Å². The number of anilines is 3. The largest absolute Gasteiger partial charge is 0.383 e. The van der Waals surface area contributed by atoms with Crippen molar-refractivity contribution >= 4 is 34.7 Å². The molecule has 0 spiro atoms. The minimum atomic E-state index is -0.693. The Morgan fingerprint density at radius 1 is 1.00 bits per heavy atom. The molecule has 1 aliphatic rings. The summed E-state index contributed by atoms with van der Waals surface area (Å²) < 4.78 is 0.986. The van der Waals surface area contributed by atoms with Crippen molar-refractivity contribution in [2.45, 2.75) is 25.4 Å². The number of tetrazole rings is 1. The molecule has 0 unspecified atom stereocenters. The van der Waals surface area contributed by atoms with Gasteiger partial charge in [-0.2, -0.15) is 5.21 Å². The Balaban J connectivity index is 1.08. The van der Waals surface area contributed by atoms with E-state index < -0.39 is 28.4 Å². The lowest BCUT2D eigenvalue weighted by Crippen LogP contribution is -2.35. The molecule has 0 saturated heterocycles. The van der Waals surface area contributed by atoms with Crippen LogP contribution in [0.5, 0.6) is 0 Å². The van der Waals surface area contributed by atoms with Gasteiger partial charge in [-0.15, -0.1) is 15.3 Å². The highest BCUT2D eigenvalue weighted by molar-refractivity contribution is 5.98. The van der Waals surface area contributed by atoms with Crippen molar-refractivity contribution in [2.75, 3.05) is 17.7 Å². The van der Waals surface area contributed by atoms with E-state index in [9.17, 15) is 24.0 Å². The summed E-state index contributed by atoms with van der Waals surface area (Å²) in [6, 6.07) is 13.6. The molecule has 3 aromatic heterocycles. The van der Waals surface area contributed by atoms with E-state index in [1.165, 1.54) is 6.07 Å². The van der Waals surface area contributed by atoms with E-state index >= 15 is 0 Å². The molecule has 0 saturated carbocycles. The normalized spacial score (nSPS) is 13.9. The minimum absolute atomic E-state index is 0.0435. The summed E-state index contributed by atoms with van der Waals surface area (Å²) in [5.41, 5.74) is 2.20. The van der Waals surface area contributed by atoms with Gasteiger partial charge in [0.1, 0.15) is 22.8 Å². The number of nitrogens with one attached hydrogen (secondary N) is 6. The van der Waals surface area contributed by atoms with Gasteiger partial charge >= 0.3 is 5.69 Å². The van der Waals surface area contributed by atoms with Crippen molar-refractivity contribution in [2.24, 2.45) is 0 Å². The van der Waals surface area contributed by atoms with Crippen LogP contribution in [0, 0.1) is 0 Å². The predicted molar refractivity (Wildman–Crippen MR) is 164 cm³/mol. The van der Waals surface area contributed by atoms with E-state index in [-0.39, 0.29) is 41.1 Å². The second kappa shape index (κ2) is 11.2. The predicted octanol–water partition coefficient (Wildman–Crippen LogP) is 0.326. The van der Waals surface area contributed by atoms with Crippen molar-refractivity contribution < 1.29 is 9.59 Å². The fourth-order valence-corrected chi connectivity index (χ4v) is 5.55. The third kappa shape index (κ3) is 4.94. The van der Waals surface area contributed by atoms with Gasteiger partial charge in [0.2, 0.25) is 5.82 Å². The third-order valence-electron chi connectivity index (χ3n) is 7.79.